The summed E-state index contributed by atoms with van der Waals surface area (Å²) in [7, 11) is 0. The van der Waals surface area contributed by atoms with Crippen LogP contribution in [0, 0.1) is 10.1 Å². The van der Waals surface area contributed by atoms with Crippen molar-refractivity contribution in [1.82, 2.24) is 4.98 Å². The Labute approximate surface area is 94.9 Å². The van der Waals surface area contributed by atoms with E-state index >= 15 is 0 Å². The second-order valence-electron chi connectivity index (χ2n) is 3.05. The minimum atomic E-state index is -0.425. The summed E-state index contributed by atoms with van der Waals surface area (Å²) in [6, 6.07) is 3.10. The summed E-state index contributed by atoms with van der Waals surface area (Å²) in [5.74, 6) is 1.09. The van der Waals surface area contributed by atoms with E-state index < -0.39 is 4.92 Å². The van der Waals surface area contributed by atoms with Crippen LogP contribution in [0.4, 0.5) is 5.00 Å². The van der Waals surface area contributed by atoms with Crippen molar-refractivity contribution in [2.24, 2.45) is 5.73 Å². The van der Waals surface area contributed by atoms with Crippen molar-refractivity contribution < 1.29 is 9.34 Å². The highest BCUT2D eigenvalue weighted by Crippen LogP contribution is 2.32. The molecule has 7 heteroatoms. The SMILES string of the molecule is NCCc1ncc(-c2ccc([N+](=O)[O-])s2)o1. The average Bonchev–Trinajstić information content (AvgIpc) is 2.84. The first-order valence-electron chi connectivity index (χ1n) is 4.60. The number of aromatic nitrogens is 1. The topological polar surface area (TPSA) is 95.2 Å². The van der Waals surface area contributed by atoms with Gasteiger partial charge in [-0.1, -0.05) is 11.3 Å². The Morgan fingerprint density at radius 3 is 3.00 bits per heavy atom. The molecule has 84 valence electrons. The van der Waals surface area contributed by atoms with Gasteiger partial charge < -0.3 is 10.2 Å². The zero-order valence-electron chi connectivity index (χ0n) is 8.25. The van der Waals surface area contributed by atoms with Crippen LogP contribution >= 0.6 is 11.3 Å². The number of nitro groups is 1. The van der Waals surface area contributed by atoms with E-state index in [-0.39, 0.29) is 5.00 Å². The lowest BCUT2D eigenvalue weighted by Gasteiger charge is -1.89. The van der Waals surface area contributed by atoms with E-state index in [9.17, 15) is 10.1 Å². The lowest BCUT2D eigenvalue weighted by atomic mass is 10.4. The summed E-state index contributed by atoms with van der Waals surface area (Å²) in [5, 5.41) is 10.6. The monoisotopic (exact) mass is 239 g/mol. The van der Waals surface area contributed by atoms with Gasteiger partial charge in [-0.15, -0.1) is 0 Å². The summed E-state index contributed by atoms with van der Waals surface area (Å²) in [5.41, 5.74) is 5.37. The predicted molar refractivity (Wildman–Crippen MR) is 59.2 cm³/mol. The highest BCUT2D eigenvalue weighted by atomic mass is 32.1. The molecule has 0 bridgehead atoms. The van der Waals surface area contributed by atoms with E-state index in [4.69, 9.17) is 10.2 Å². The maximum absolute atomic E-state index is 10.5. The molecule has 0 aliphatic carbocycles. The Kier molecular flexibility index (Phi) is 2.97. The third-order valence-corrected chi connectivity index (χ3v) is 2.98. The smallest absolute Gasteiger partial charge is 0.324 e. The van der Waals surface area contributed by atoms with Crippen LogP contribution in [0.5, 0.6) is 0 Å². The largest absolute Gasteiger partial charge is 0.440 e. The molecule has 0 radical (unpaired) electrons. The van der Waals surface area contributed by atoms with E-state index in [0.29, 0.717) is 29.5 Å². The molecule has 0 aliphatic rings. The molecule has 0 amide bonds. The summed E-state index contributed by atoms with van der Waals surface area (Å²) >= 11 is 1.06. The van der Waals surface area contributed by atoms with Crippen molar-refractivity contribution in [2.45, 2.75) is 6.42 Å². The van der Waals surface area contributed by atoms with Crippen molar-refractivity contribution >= 4 is 16.3 Å². The van der Waals surface area contributed by atoms with Crippen molar-refractivity contribution in [3.8, 4) is 10.6 Å². The van der Waals surface area contributed by atoms with Gasteiger partial charge in [0.25, 0.3) is 0 Å². The zero-order valence-corrected chi connectivity index (χ0v) is 9.07. The maximum Gasteiger partial charge on any atom is 0.324 e. The highest BCUT2D eigenvalue weighted by molar-refractivity contribution is 7.18. The van der Waals surface area contributed by atoms with Gasteiger partial charge in [-0.25, -0.2) is 4.98 Å². The molecular formula is C9H9N3O3S. The van der Waals surface area contributed by atoms with Crippen LogP contribution in [0.15, 0.2) is 22.7 Å². The molecule has 2 rings (SSSR count). The molecule has 2 aromatic heterocycles. The molecule has 2 heterocycles. The molecule has 0 aromatic carbocycles. The molecule has 0 unspecified atom stereocenters. The molecule has 0 spiro atoms. The van der Waals surface area contributed by atoms with Crippen molar-refractivity contribution in [3.63, 3.8) is 0 Å². The molecule has 2 N–H and O–H groups in total. The molecule has 6 nitrogen and oxygen atoms in total. The van der Waals surface area contributed by atoms with E-state index in [1.807, 2.05) is 0 Å². The van der Waals surface area contributed by atoms with Gasteiger partial charge in [0.1, 0.15) is 0 Å². The van der Waals surface area contributed by atoms with Gasteiger partial charge in [0, 0.05) is 19.0 Å². The lowest BCUT2D eigenvalue weighted by Crippen LogP contribution is -2.02. The molecule has 0 saturated carbocycles. The molecule has 0 atom stereocenters. The molecule has 0 saturated heterocycles. The maximum atomic E-state index is 10.5. The Balaban J connectivity index is 2.24. The zero-order chi connectivity index (χ0) is 11.5. The molecule has 16 heavy (non-hydrogen) atoms. The van der Waals surface area contributed by atoms with Crippen molar-refractivity contribution in [2.75, 3.05) is 6.54 Å². The van der Waals surface area contributed by atoms with Crippen LogP contribution < -0.4 is 5.73 Å². The van der Waals surface area contributed by atoms with Gasteiger partial charge in [-0.05, 0) is 6.07 Å². The molecule has 0 aliphatic heterocycles. The first-order valence-corrected chi connectivity index (χ1v) is 5.41. The Morgan fingerprint density at radius 1 is 1.56 bits per heavy atom. The molecule has 2 aromatic rings. The molecule has 0 fully saturated rings. The standard InChI is InChI=1S/C9H9N3O3S/c10-4-3-8-11-5-6(15-8)7-1-2-9(16-7)12(13)14/h1-2,5H,3-4,10H2. The second-order valence-corrected chi connectivity index (χ2v) is 4.11. The van der Waals surface area contributed by atoms with Gasteiger partial charge in [0.15, 0.2) is 11.7 Å². The first-order chi connectivity index (χ1) is 7.70. The highest BCUT2D eigenvalue weighted by Gasteiger charge is 2.14. The van der Waals surface area contributed by atoms with Gasteiger partial charge in [0.2, 0.25) is 0 Å². The van der Waals surface area contributed by atoms with E-state index in [0.717, 1.165) is 11.3 Å². The predicted octanol–water partition coefficient (Wildman–Crippen LogP) is 1.81. The van der Waals surface area contributed by atoms with E-state index in [1.54, 1.807) is 12.3 Å². The number of oxazole rings is 1. The third-order valence-electron chi connectivity index (χ3n) is 1.93. The summed E-state index contributed by atoms with van der Waals surface area (Å²) in [4.78, 5) is 14.8. The number of rotatable bonds is 4. The van der Waals surface area contributed by atoms with Gasteiger partial charge in [-0.2, -0.15) is 0 Å². The minimum Gasteiger partial charge on any atom is -0.440 e. The average molecular weight is 239 g/mol. The minimum absolute atomic E-state index is 0.0896. The number of nitrogens with two attached hydrogens (primary N) is 1. The number of hydrogen-bond acceptors (Lipinski definition) is 6. The Bertz CT molecular complexity index is 506. The Morgan fingerprint density at radius 2 is 2.38 bits per heavy atom. The van der Waals surface area contributed by atoms with Gasteiger partial charge in [0.05, 0.1) is 16.0 Å². The fraction of sp³-hybridized carbons (Fsp3) is 0.222. The van der Waals surface area contributed by atoms with Crippen LogP contribution in [0.1, 0.15) is 5.89 Å². The van der Waals surface area contributed by atoms with Crippen LogP contribution in [-0.4, -0.2) is 16.5 Å². The van der Waals surface area contributed by atoms with Crippen molar-refractivity contribution in [3.05, 3.63) is 34.3 Å². The van der Waals surface area contributed by atoms with Crippen LogP contribution in [0.25, 0.3) is 10.6 Å². The summed E-state index contributed by atoms with van der Waals surface area (Å²) in [6.45, 7) is 0.463. The number of hydrogen-bond donors (Lipinski definition) is 1. The van der Waals surface area contributed by atoms with E-state index in [2.05, 4.69) is 4.98 Å². The van der Waals surface area contributed by atoms with E-state index in [1.165, 1.54) is 6.07 Å². The summed E-state index contributed by atoms with van der Waals surface area (Å²) in [6.07, 6.45) is 2.12. The lowest BCUT2D eigenvalue weighted by molar-refractivity contribution is -0.380. The fourth-order valence-electron chi connectivity index (χ4n) is 1.22. The van der Waals surface area contributed by atoms with Crippen LogP contribution in [-0.2, 0) is 6.42 Å². The number of thiophene rings is 1. The molecular weight excluding hydrogens is 230 g/mol. The number of nitrogens with zero attached hydrogens (tertiary/aromatic N) is 2. The fourth-order valence-corrected chi connectivity index (χ4v) is 1.99. The Hall–Kier alpha value is -1.73. The van der Waals surface area contributed by atoms with Gasteiger partial charge >= 0.3 is 5.00 Å². The third kappa shape index (κ3) is 2.10. The van der Waals surface area contributed by atoms with Crippen LogP contribution in [0.2, 0.25) is 0 Å². The summed E-state index contributed by atoms with van der Waals surface area (Å²) < 4.78 is 5.40. The second kappa shape index (κ2) is 4.42. The van der Waals surface area contributed by atoms with Crippen molar-refractivity contribution in [1.29, 1.82) is 0 Å². The normalized spacial score (nSPS) is 10.6. The van der Waals surface area contributed by atoms with Crippen LogP contribution in [0.3, 0.4) is 0 Å². The quantitative estimate of drug-likeness (QED) is 0.648. The first kappa shape index (κ1) is 10.8. The van der Waals surface area contributed by atoms with Gasteiger partial charge in [-0.3, -0.25) is 10.1 Å².